The van der Waals surface area contributed by atoms with Crippen LogP contribution in [-0.2, 0) is 16.0 Å². The highest BCUT2D eigenvalue weighted by atomic mass is 35.5. The van der Waals surface area contributed by atoms with Crippen LogP contribution in [0.25, 0.3) is 22.2 Å². The first-order valence-corrected chi connectivity index (χ1v) is 12.5. The molecule has 4 rings (SSSR count). The molecule has 0 aliphatic carbocycles. The van der Waals surface area contributed by atoms with Gasteiger partial charge in [-0.15, -0.1) is 12.4 Å². The Labute approximate surface area is 223 Å². The van der Waals surface area contributed by atoms with Gasteiger partial charge >= 0.3 is 0 Å². The van der Waals surface area contributed by atoms with Crippen LogP contribution < -0.4 is 10.1 Å². The van der Waals surface area contributed by atoms with E-state index in [1.54, 1.807) is 14.0 Å². The van der Waals surface area contributed by atoms with Crippen molar-refractivity contribution in [2.75, 3.05) is 7.11 Å². The number of H-pyrrole nitrogens is 2. The highest BCUT2D eigenvalue weighted by Gasteiger charge is 2.20. The average Bonchev–Trinajstić information content (AvgIpc) is 3.48. The first-order valence-electron chi connectivity index (χ1n) is 12.5. The summed E-state index contributed by atoms with van der Waals surface area (Å²) in [7, 11) is 1.64. The zero-order valence-electron chi connectivity index (χ0n) is 21.6. The number of ketones is 1. The van der Waals surface area contributed by atoms with Crippen molar-refractivity contribution in [2.45, 2.75) is 58.4 Å². The van der Waals surface area contributed by atoms with Gasteiger partial charge < -0.3 is 24.8 Å². The Bertz CT molecular complexity index is 1330. The number of benzene rings is 2. The molecule has 37 heavy (non-hydrogen) atoms. The maximum atomic E-state index is 13.3. The summed E-state index contributed by atoms with van der Waals surface area (Å²) in [6.45, 7) is 3.61. The van der Waals surface area contributed by atoms with Gasteiger partial charge in [-0.2, -0.15) is 0 Å². The topological polar surface area (TPSA) is 99.9 Å². The number of hydrogen-bond donors (Lipinski definition) is 3. The molecule has 2 aromatic heterocycles. The van der Waals surface area contributed by atoms with Gasteiger partial charge in [0.25, 0.3) is 0 Å². The summed E-state index contributed by atoms with van der Waals surface area (Å²) >= 11 is 0. The fraction of sp³-hybridized carbons (Fsp3) is 0.345. The van der Waals surface area contributed by atoms with Crippen molar-refractivity contribution in [3.63, 3.8) is 0 Å². The number of nitrogens with one attached hydrogen (secondary N) is 3. The van der Waals surface area contributed by atoms with Gasteiger partial charge in [0.05, 0.1) is 31.5 Å². The zero-order valence-corrected chi connectivity index (χ0v) is 22.4. The summed E-state index contributed by atoms with van der Waals surface area (Å²) in [5.74, 6) is 1.65. The summed E-state index contributed by atoms with van der Waals surface area (Å²) in [6, 6.07) is 15.6. The number of imidazole rings is 1. The maximum absolute atomic E-state index is 13.3. The smallest absolute Gasteiger partial charge is 0.225 e. The van der Waals surface area contributed by atoms with Crippen LogP contribution in [0, 0.1) is 6.92 Å². The Morgan fingerprint density at radius 2 is 1.84 bits per heavy atom. The minimum absolute atomic E-state index is 0. The summed E-state index contributed by atoms with van der Waals surface area (Å²) in [5, 5.41) is 4.20. The van der Waals surface area contributed by atoms with E-state index in [0.29, 0.717) is 6.42 Å². The third-order valence-electron chi connectivity index (χ3n) is 6.53. The van der Waals surface area contributed by atoms with E-state index in [4.69, 9.17) is 4.74 Å². The molecule has 0 bridgehead atoms. The fourth-order valence-corrected chi connectivity index (χ4v) is 4.58. The number of hydrogen-bond acceptors (Lipinski definition) is 4. The highest BCUT2D eigenvalue weighted by molar-refractivity contribution is 5.91. The van der Waals surface area contributed by atoms with Crippen LogP contribution in [0.2, 0.25) is 0 Å². The van der Waals surface area contributed by atoms with Gasteiger partial charge in [-0.3, -0.25) is 4.79 Å². The number of rotatable bonds is 12. The molecule has 1 amide bonds. The predicted octanol–water partition coefficient (Wildman–Crippen LogP) is 6.24. The molecule has 0 saturated carbocycles. The fourth-order valence-electron chi connectivity index (χ4n) is 4.58. The average molecular weight is 523 g/mol. The van der Waals surface area contributed by atoms with E-state index < -0.39 is 0 Å². The van der Waals surface area contributed by atoms with Crippen LogP contribution >= 0.6 is 12.4 Å². The van der Waals surface area contributed by atoms with Gasteiger partial charge in [0, 0.05) is 23.0 Å². The van der Waals surface area contributed by atoms with Crippen molar-refractivity contribution < 1.29 is 14.3 Å². The number of aryl methyl sites for hydroxylation is 1. The standard InChI is InChI=1S/C29H34N4O3.ClH/c1-19(34)10-6-4-9-13-26(29-30-18-27(33-29)21-11-7-5-8-12-21)32-28(35)17-23-20(2)31-25-15-14-22(36-3)16-24(23)25;/h5,7-8,11-12,14-16,18,26,31H,4,6,9-10,13,17H2,1-3H3,(H,30,33)(H,32,35);1H/t26-;/m0./s1. The molecule has 196 valence electrons. The van der Waals surface area contributed by atoms with Gasteiger partial charge in [0.2, 0.25) is 5.91 Å². The quantitative estimate of drug-likeness (QED) is 0.192. The molecular formula is C29H35ClN4O3. The number of carbonyl (C=O) groups is 2. The summed E-state index contributed by atoms with van der Waals surface area (Å²) in [4.78, 5) is 35.9. The van der Waals surface area contributed by atoms with Crippen LogP contribution in [0.1, 0.15) is 62.2 Å². The third kappa shape index (κ3) is 7.23. The second-order valence-electron chi connectivity index (χ2n) is 9.29. The highest BCUT2D eigenvalue weighted by Crippen LogP contribution is 2.28. The molecule has 0 aliphatic heterocycles. The third-order valence-corrected chi connectivity index (χ3v) is 6.53. The van der Waals surface area contributed by atoms with Gasteiger partial charge in [0.15, 0.2) is 0 Å². The molecule has 8 heteroatoms. The van der Waals surface area contributed by atoms with Crippen molar-refractivity contribution in [1.82, 2.24) is 20.3 Å². The molecule has 0 fully saturated rings. The Morgan fingerprint density at radius 1 is 1.05 bits per heavy atom. The van der Waals surface area contributed by atoms with Crippen LogP contribution in [0.4, 0.5) is 0 Å². The largest absolute Gasteiger partial charge is 0.497 e. The molecule has 7 nitrogen and oxygen atoms in total. The van der Waals surface area contributed by atoms with Gasteiger partial charge in [0.1, 0.15) is 17.4 Å². The second-order valence-corrected chi connectivity index (χ2v) is 9.29. The number of amides is 1. The summed E-state index contributed by atoms with van der Waals surface area (Å²) in [5.41, 5.74) is 4.88. The lowest BCUT2D eigenvalue weighted by atomic mass is 10.0. The Morgan fingerprint density at radius 3 is 2.57 bits per heavy atom. The molecule has 2 heterocycles. The monoisotopic (exact) mass is 522 g/mol. The number of nitrogens with zero attached hydrogens (tertiary/aromatic N) is 1. The lowest BCUT2D eigenvalue weighted by Gasteiger charge is -2.17. The second kappa shape index (κ2) is 13.1. The first-order chi connectivity index (χ1) is 17.4. The number of carbonyl (C=O) groups excluding carboxylic acids is 2. The van der Waals surface area contributed by atoms with Crippen molar-refractivity contribution in [3.05, 3.63) is 71.8 Å². The normalized spacial score (nSPS) is 11.6. The minimum atomic E-state index is -0.243. The van der Waals surface area contributed by atoms with E-state index in [2.05, 4.69) is 20.3 Å². The summed E-state index contributed by atoms with van der Waals surface area (Å²) in [6.07, 6.45) is 6.09. The van der Waals surface area contributed by atoms with Crippen molar-refractivity contribution in [2.24, 2.45) is 0 Å². The van der Waals surface area contributed by atoms with E-state index in [0.717, 1.165) is 70.7 Å². The number of Topliss-reactive ketones (excluding diaryl/α,β-unsaturated/α-hetero) is 1. The Balaban J connectivity index is 0.00000380. The molecule has 0 unspecified atom stereocenters. The number of halogens is 1. The van der Waals surface area contributed by atoms with Crippen LogP contribution in [0.15, 0.2) is 54.7 Å². The maximum Gasteiger partial charge on any atom is 0.225 e. The predicted molar refractivity (Wildman–Crippen MR) is 149 cm³/mol. The van der Waals surface area contributed by atoms with E-state index in [-0.39, 0.29) is 36.6 Å². The number of aromatic nitrogens is 3. The van der Waals surface area contributed by atoms with Gasteiger partial charge in [-0.1, -0.05) is 43.2 Å². The van der Waals surface area contributed by atoms with Crippen molar-refractivity contribution in [3.8, 4) is 17.0 Å². The lowest BCUT2D eigenvalue weighted by Crippen LogP contribution is -2.30. The molecular weight excluding hydrogens is 488 g/mol. The van der Waals surface area contributed by atoms with Gasteiger partial charge in [-0.25, -0.2) is 4.98 Å². The Hall–Kier alpha value is -3.58. The number of unbranched alkanes of at least 4 members (excludes halogenated alkanes) is 2. The molecule has 1 atom stereocenters. The molecule has 0 saturated heterocycles. The number of fused-ring (bicyclic) bond motifs is 1. The first kappa shape index (κ1) is 28.0. The molecule has 0 spiro atoms. The number of ether oxygens (including phenoxy) is 1. The lowest BCUT2D eigenvalue weighted by molar-refractivity contribution is -0.121. The van der Waals surface area contributed by atoms with Crippen molar-refractivity contribution >= 4 is 35.0 Å². The number of aromatic amines is 2. The molecule has 0 aliphatic rings. The van der Waals surface area contributed by atoms with Crippen molar-refractivity contribution in [1.29, 1.82) is 0 Å². The van der Waals surface area contributed by atoms with E-state index >= 15 is 0 Å². The van der Waals surface area contributed by atoms with Gasteiger partial charge in [-0.05, 0) is 56.0 Å². The Kier molecular flexibility index (Phi) is 9.92. The van der Waals surface area contributed by atoms with E-state index in [9.17, 15) is 9.59 Å². The van der Waals surface area contributed by atoms with Crippen LogP contribution in [0.5, 0.6) is 5.75 Å². The molecule has 2 aromatic carbocycles. The van der Waals surface area contributed by atoms with E-state index in [1.807, 2.05) is 61.7 Å². The zero-order chi connectivity index (χ0) is 25.5. The molecule has 3 N–H and O–H groups in total. The number of methoxy groups -OCH3 is 1. The van der Waals surface area contributed by atoms with Crippen LogP contribution in [-0.4, -0.2) is 33.8 Å². The van der Waals surface area contributed by atoms with E-state index in [1.165, 1.54) is 0 Å². The molecule has 0 radical (unpaired) electrons. The minimum Gasteiger partial charge on any atom is -0.497 e. The van der Waals surface area contributed by atoms with Crippen LogP contribution in [0.3, 0.4) is 0 Å². The SMILES string of the molecule is COc1ccc2[nH]c(C)c(CC(=O)N[C@@H](CCCCCC(C)=O)c3ncc(-c4ccccc4)[nH]3)c2c1.Cl. The summed E-state index contributed by atoms with van der Waals surface area (Å²) < 4.78 is 5.38. The molecule has 4 aromatic rings.